The summed E-state index contributed by atoms with van der Waals surface area (Å²) in [4.78, 5) is 45.9. The number of H-pyrrole nitrogens is 2. The average molecular weight is 352 g/mol. The first-order valence-electron chi connectivity index (χ1n) is 7.43. The first-order valence-corrected chi connectivity index (χ1v) is 7.43. The minimum absolute atomic E-state index is 0.0493. The van der Waals surface area contributed by atoms with Gasteiger partial charge in [0.2, 0.25) is 5.91 Å². The molecule has 1 heterocycles. The average Bonchev–Trinajstić information content (AvgIpc) is 2.63. The monoisotopic (exact) mass is 352 g/mol. The topological polar surface area (TPSA) is 138 Å². The number of hydrogen-bond acceptors (Lipinski definition) is 5. The van der Waals surface area contributed by atoms with Crippen molar-refractivity contribution in [2.75, 3.05) is 5.32 Å². The Bertz CT molecular complexity index is 1140. The molecule has 0 aliphatic heterocycles. The zero-order chi connectivity index (χ0) is 18.7. The van der Waals surface area contributed by atoms with Crippen LogP contribution in [0.3, 0.4) is 0 Å². The van der Waals surface area contributed by atoms with Gasteiger partial charge in [-0.25, -0.2) is 0 Å². The largest absolute Gasteiger partial charge is 0.322 e. The predicted molar refractivity (Wildman–Crippen MR) is 95.9 cm³/mol. The standard InChI is InChI=1S/C17H12N4O5/c22-14(9-6-10-4-7-11(8-5-10)21(25)26)18-13-3-1-2-12-15(13)17(24)20-19-16(12)23/h1-9H,(H,18,22)(H,19,23)(H,20,24). The van der Waals surface area contributed by atoms with E-state index in [4.69, 9.17) is 0 Å². The number of benzene rings is 2. The molecule has 0 aliphatic rings. The smallest absolute Gasteiger partial charge is 0.272 e. The number of nitro groups is 1. The third-order valence-electron chi connectivity index (χ3n) is 3.61. The number of carbonyl (C=O) groups excluding carboxylic acids is 1. The van der Waals surface area contributed by atoms with Gasteiger partial charge in [0.1, 0.15) is 0 Å². The Labute approximate surface area is 145 Å². The van der Waals surface area contributed by atoms with Crippen LogP contribution in [0.1, 0.15) is 5.56 Å². The van der Waals surface area contributed by atoms with Gasteiger partial charge in [0.25, 0.3) is 16.8 Å². The van der Waals surface area contributed by atoms with Crippen LogP contribution in [-0.4, -0.2) is 21.0 Å². The molecule has 0 saturated heterocycles. The number of non-ortho nitro benzene ring substituents is 1. The number of aromatic nitrogens is 2. The summed E-state index contributed by atoms with van der Waals surface area (Å²) in [5.41, 5.74) is -0.259. The van der Waals surface area contributed by atoms with Crippen LogP contribution in [0.15, 0.2) is 58.1 Å². The molecule has 0 radical (unpaired) electrons. The lowest BCUT2D eigenvalue weighted by atomic mass is 10.1. The Balaban J connectivity index is 1.83. The summed E-state index contributed by atoms with van der Waals surface area (Å²) in [6.45, 7) is 0. The summed E-state index contributed by atoms with van der Waals surface area (Å²) in [6, 6.07) is 10.2. The van der Waals surface area contributed by atoms with E-state index >= 15 is 0 Å². The van der Waals surface area contributed by atoms with Crippen molar-refractivity contribution in [1.29, 1.82) is 0 Å². The molecule has 9 heteroatoms. The minimum atomic E-state index is -0.533. The lowest BCUT2D eigenvalue weighted by Crippen LogP contribution is -2.21. The molecule has 0 unspecified atom stereocenters. The first-order chi connectivity index (χ1) is 12.5. The van der Waals surface area contributed by atoms with Gasteiger partial charge >= 0.3 is 0 Å². The number of anilines is 1. The van der Waals surface area contributed by atoms with Crippen LogP contribution in [0.25, 0.3) is 16.8 Å². The Kier molecular flexibility index (Phi) is 4.44. The van der Waals surface area contributed by atoms with E-state index in [0.717, 1.165) is 0 Å². The Morgan fingerprint density at radius 1 is 1.04 bits per heavy atom. The maximum atomic E-state index is 12.1. The summed E-state index contributed by atoms with van der Waals surface area (Å²) in [6.07, 6.45) is 2.70. The zero-order valence-electron chi connectivity index (χ0n) is 13.2. The summed E-state index contributed by atoms with van der Waals surface area (Å²) in [5, 5.41) is 17.8. The highest BCUT2D eigenvalue weighted by Crippen LogP contribution is 2.17. The lowest BCUT2D eigenvalue weighted by Gasteiger charge is -2.05. The first kappa shape index (κ1) is 16.8. The van der Waals surface area contributed by atoms with E-state index in [9.17, 15) is 24.5 Å². The van der Waals surface area contributed by atoms with Crippen molar-refractivity contribution in [1.82, 2.24) is 10.2 Å². The third kappa shape index (κ3) is 3.41. The van der Waals surface area contributed by atoms with Gasteiger partial charge < -0.3 is 5.32 Å². The summed E-state index contributed by atoms with van der Waals surface area (Å²) in [5.74, 6) is -0.518. The van der Waals surface area contributed by atoms with Crippen LogP contribution in [0.4, 0.5) is 11.4 Å². The Morgan fingerprint density at radius 2 is 1.73 bits per heavy atom. The highest BCUT2D eigenvalue weighted by Gasteiger charge is 2.09. The fraction of sp³-hybridized carbons (Fsp3) is 0. The second-order valence-electron chi connectivity index (χ2n) is 5.31. The van der Waals surface area contributed by atoms with Crippen LogP contribution in [0, 0.1) is 10.1 Å². The highest BCUT2D eigenvalue weighted by molar-refractivity contribution is 6.07. The Morgan fingerprint density at radius 3 is 2.42 bits per heavy atom. The molecule has 0 spiro atoms. The molecule has 0 aliphatic carbocycles. The second kappa shape index (κ2) is 6.85. The van der Waals surface area contributed by atoms with Crippen LogP contribution < -0.4 is 16.4 Å². The summed E-state index contributed by atoms with van der Waals surface area (Å²) in [7, 11) is 0. The van der Waals surface area contributed by atoms with Crippen molar-refractivity contribution in [2.45, 2.75) is 0 Å². The molecule has 130 valence electrons. The number of rotatable bonds is 4. The molecule has 0 saturated carbocycles. The molecule has 0 bridgehead atoms. The molecular formula is C17H12N4O5. The van der Waals surface area contributed by atoms with E-state index in [-0.39, 0.29) is 22.1 Å². The Hall–Kier alpha value is -4.01. The lowest BCUT2D eigenvalue weighted by molar-refractivity contribution is -0.384. The van der Waals surface area contributed by atoms with Crippen molar-refractivity contribution in [3.05, 3.63) is 84.9 Å². The van der Waals surface area contributed by atoms with Gasteiger partial charge in [-0.3, -0.25) is 34.7 Å². The molecule has 26 heavy (non-hydrogen) atoms. The van der Waals surface area contributed by atoms with E-state index < -0.39 is 21.9 Å². The van der Waals surface area contributed by atoms with Crippen LogP contribution in [0.5, 0.6) is 0 Å². The number of carbonyl (C=O) groups is 1. The molecule has 1 amide bonds. The van der Waals surface area contributed by atoms with Gasteiger partial charge in [0, 0.05) is 18.2 Å². The van der Waals surface area contributed by atoms with Crippen LogP contribution in [-0.2, 0) is 4.79 Å². The van der Waals surface area contributed by atoms with E-state index in [1.165, 1.54) is 48.6 Å². The second-order valence-corrected chi connectivity index (χ2v) is 5.31. The van der Waals surface area contributed by atoms with Crippen molar-refractivity contribution in [3.8, 4) is 0 Å². The van der Waals surface area contributed by atoms with Crippen LogP contribution in [0.2, 0.25) is 0 Å². The van der Waals surface area contributed by atoms with E-state index in [1.807, 2.05) is 0 Å². The van der Waals surface area contributed by atoms with Gasteiger partial charge in [0.05, 0.1) is 21.4 Å². The van der Waals surface area contributed by atoms with E-state index in [2.05, 4.69) is 15.5 Å². The number of nitro benzene ring substituents is 1. The third-order valence-corrected chi connectivity index (χ3v) is 3.61. The van der Waals surface area contributed by atoms with Crippen LogP contribution >= 0.6 is 0 Å². The summed E-state index contributed by atoms with van der Waals surface area (Å²) < 4.78 is 0. The quantitative estimate of drug-likeness (QED) is 0.373. The fourth-order valence-electron chi connectivity index (χ4n) is 2.39. The number of nitrogens with one attached hydrogen (secondary N) is 3. The molecule has 9 nitrogen and oxygen atoms in total. The minimum Gasteiger partial charge on any atom is -0.322 e. The maximum absolute atomic E-state index is 12.1. The number of amides is 1. The fourth-order valence-corrected chi connectivity index (χ4v) is 2.39. The van der Waals surface area contributed by atoms with E-state index in [1.54, 1.807) is 6.07 Å². The van der Waals surface area contributed by atoms with Crippen molar-refractivity contribution in [2.24, 2.45) is 0 Å². The van der Waals surface area contributed by atoms with Gasteiger partial charge in [-0.05, 0) is 35.9 Å². The highest BCUT2D eigenvalue weighted by atomic mass is 16.6. The molecule has 3 N–H and O–H groups in total. The van der Waals surface area contributed by atoms with E-state index in [0.29, 0.717) is 5.56 Å². The molecule has 0 fully saturated rings. The van der Waals surface area contributed by atoms with Gasteiger partial charge in [-0.2, -0.15) is 0 Å². The molecule has 1 aromatic heterocycles. The van der Waals surface area contributed by atoms with Gasteiger partial charge in [-0.15, -0.1) is 0 Å². The van der Waals surface area contributed by atoms with Gasteiger partial charge in [-0.1, -0.05) is 6.07 Å². The normalized spacial score (nSPS) is 10.9. The number of aromatic amines is 2. The molecule has 3 rings (SSSR count). The van der Waals surface area contributed by atoms with Crippen molar-refractivity contribution < 1.29 is 9.72 Å². The number of fused-ring (bicyclic) bond motifs is 1. The number of hydrogen-bond donors (Lipinski definition) is 3. The van der Waals surface area contributed by atoms with Gasteiger partial charge in [0.15, 0.2) is 0 Å². The maximum Gasteiger partial charge on any atom is 0.272 e. The molecule has 2 aromatic carbocycles. The zero-order valence-corrected chi connectivity index (χ0v) is 13.2. The number of nitrogens with zero attached hydrogens (tertiary/aromatic N) is 1. The van der Waals surface area contributed by atoms with Crippen molar-refractivity contribution in [3.63, 3.8) is 0 Å². The summed E-state index contributed by atoms with van der Waals surface area (Å²) >= 11 is 0. The molecule has 0 atom stereocenters. The van der Waals surface area contributed by atoms with Crippen molar-refractivity contribution >= 4 is 34.1 Å². The SMILES string of the molecule is O=C(C=Cc1ccc([N+](=O)[O-])cc1)Nc1cccc2c(=O)[nH][nH]c(=O)c12. The molecular weight excluding hydrogens is 340 g/mol. The predicted octanol–water partition coefficient (Wildman–Crippen LogP) is 1.78. The molecule has 3 aromatic rings.